The van der Waals surface area contributed by atoms with Gasteiger partial charge in [-0.3, -0.25) is 4.79 Å². The Labute approximate surface area is 117 Å². The van der Waals surface area contributed by atoms with Crippen LogP contribution in [-0.4, -0.2) is 17.0 Å². The lowest BCUT2D eigenvalue weighted by atomic mass is 10.1. The van der Waals surface area contributed by atoms with Gasteiger partial charge in [-0.2, -0.15) is 0 Å². The quantitative estimate of drug-likeness (QED) is 0.834. The molecule has 0 heterocycles. The van der Waals surface area contributed by atoms with Crippen molar-refractivity contribution in [1.29, 1.82) is 0 Å². The molecule has 0 bridgehead atoms. The van der Waals surface area contributed by atoms with E-state index >= 15 is 0 Å². The van der Waals surface area contributed by atoms with Crippen LogP contribution in [0.4, 0.5) is 0 Å². The van der Waals surface area contributed by atoms with Gasteiger partial charge >= 0.3 is 5.97 Å². The van der Waals surface area contributed by atoms with Crippen molar-refractivity contribution < 1.29 is 14.7 Å². The molecule has 1 rings (SSSR count). The topological polar surface area (TPSA) is 66.4 Å². The monoisotopic (exact) mass is 281 g/mol. The minimum absolute atomic E-state index is 0.0314. The normalized spacial score (nSPS) is 13.5. The van der Waals surface area contributed by atoms with E-state index in [9.17, 15) is 9.59 Å². The van der Waals surface area contributed by atoms with Gasteiger partial charge in [-0.1, -0.05) is 29.8 Å². The molecule has 0 saturated carbocycles. The second kappa shape index (κ2) is 6.38. The number of aliphatic carboxylic acids is 1. The highest BCUT2D eigenvalue weighted by molar-refractivity contribution is 6.31. The smallest absolute Gasteiger partial charge is 0.331 e. The Morgan fingerprint density at radius 1 is 1.21 bits per heavy atom. The number of carboxylic acids is 1. The number of rotatable bonds is 4. The molecule has 1 amide bonds. The Morgan fingerprint density at radius 3 is 2.32 bits per heavy atom. The molecule has 0 unspecified atom stereocenters. The molecule has 0 radical (unpaired) electrons. The second-order valence-electron chi connectivity index (χ2n) is 4.27. The van der Waals surface area contributed by atoms with Crippen molar-refractivity contribution in [2.75, 3.05) is 0 Å². The summed E-state index contributed by atoms with van der Waals surface area (Å²) in [5, 5.41) is 12.1. The van der Waals surface area contributed by atoms with Crippen LogP contribution in [0, 0.1) is 0 Å². The van der Waals surface area contributed by atoms with Gasteiger partial charge in [-0.25, -0.2) is 4.79 Å². The van der Waals surface area contributed by atoms with E-state index in [1.807, 2.05) is 12.1 Å². The molecule has 0 aliphatic rings. The molecule has 5 heteroatoms. The second-order valence-corrected chi connectivity index (χ2v) is 4.68. The predicted octanol–water partition coefficient (Wildman–Crippen LogP) is 2.94. The molecular weight excluding hydrogens is 266 g/mol. The largest absolute Gasteiger partial charge is 0.478 e. The summed E-state index contributed by atoms with van der Waals surface area (Å²) in [6.45, 7) is 4.68. The maximum Gasteiger partial charge on any atom is 0.331 e. The van der Waals surface area contributed by atoms with Crippen LogP contribution in [0.15, 0.2) is 35.4 Å². The Kier molecular flexibility index (Phi) is 5.12. The predicted molar refractivity (Wildman–Crippen MR) is 74.0 cm³/mol. The van der Waals surface area contributed by atoms with E-state index in [2.05, 4.69) is 5.32 Å². The van der Waals surface area contributed by atoms with Crippen LogP contribution in [-0.2, 0) is 9.59 Å². The number of amides is 1. The van der Waals surface area contributed by atoms with Crippen LogP contribution in [0.1, 0.15) is 32.4 Å². The molecule has 0 aromatic heterocycles. The first-order chi connectivity index (χ1) is 8.84. The van der Waals surface area contributed by atoms with Gasteiger partial charge in [0.1, 0.15) is 0 Å². The zero-order valence-corrected chi connectivity index (χ0v) is 11.8. The standard InChI is InChI=1S/C14H16ClNO3/c1-8(9(2)14(18)19)13(17)16-10(3)11-6-4-5-7-12(11)15/h4-7,10H,1-3H3,(H,16,17)(H,18,19)/b9-8-/t10-/m1/s1. The minimum Gasteiger partial charge on any atom is -0.478 e. The van der Waals surface area contributed by atoms with Crippen LogP contribution >= 0.6 is 11.6 Å². The van der Waals surface area contributed by atoms with Gasteiger partial charge in [-0.05, 0) is 32.4 Å². The summed E-state index contributed by atoms with van der Waals surface area (Å²) >= 11 is 6.04. The highest BCUT2D eigenvalue weighted by Gasteiger charge is 2.16. The lowest BCUT2D eigenvalue weighted by Crippen LogP contribution is -2.28. The Bertz CT molecular complexity index is 537. The first-order valence-corrected chi connectivity index (χ1v) is 6.18. The van der Waals surface area contributed by atoms with Crippen LogP contribution in [0.2, 0.25) is 5.02 Å². The first kappa shape index (κ1) is 15.2. The summed E-state index contributed by atoms with van der Waals surface area (Å²) in [5.41, 5.74) is 1.01. The van der Waals surface area contributed by atoms with E-state index in [1.54, 1.807) is 19.1 Å². The SMILES string of the molecule is C/C(C(=O)O)=C(\C)C(=O)N[C@H](C)c1ccccc1Cl. The maximum absolute atomic E-state index is 11.9. The fourth-order valence-electron chi connectivity index (χ4n) is 1.54. The number of carbonyl (C=O) groups is 2. The molecule has 2 N–H and O–H groups in total. The summed E-state index contributed by atoms with van der Waals surface area (Å²) < 4.78 is 0. The maximum atomic E-state index is 11.9. The number of nitrogens with one attached hydrogen (secondary N) is 1. The number of carbonyl (C=O) groups excluding carboxylic acids is 1. The van der Waals surface area contributed by atoms with Crippen molar-refractivity contribution in [2.45, 2.75) is 26.8 Å². The molecule has 0 fully saturated rings. The molecule has 1 aromatic carbocycles. The van der Waals surface area contributed by atoms with Crippen LogP contribution in [0.25, 0.3) is 0 Å². The van der Waals surface area contributed by atoms with Gasteiger partial charge in [-0.15, -0.1) is 0 Å². The first-order valence-electron chi connectivity index (χ1n) is 5.80. The van der Waals surface area contributed by atoms with E-state index in [1.165, 1.54) is 13.8 Å². The van der Waals surface area contributed by atoms with E-state index in [0.29, 0.717) is 5.02 Å². The fraction of sp³-hybridized carbons (Fsp3) is 0.286. The van der Waals surface area contributed by atoms with Crippen molar-refractivity contribution in [2.24, 2.45) is 0 Å². The third-order valence-electron chi connectivity index (χ3n) is 2.94. The summed E-state index contributed by atoms with van der Waals surface area (Å²) in [5.74, 6) is -1.51. The van der Waals surface area contributed by atoms with Gasteiger partial charge in [0.25, 0.3) is 0 Å². The van der Waals surface area contributed by atoms with E-state index in [0.717, 1.165) is 5.56 Å². The molecule has 1 aromatic rings. The van der Waals surface area contributed by atoms with Crippen molar-refractivity contribution in [3.63, 3.8) is 0 Å². The van der Waals surface area contributed by atoms with Gasteiger partial charge < -0.3 is 10.4 Å². The van der Waals surface area contributed by atoms with Crippen LogP contribution in [0.3, 0.4) is 0 Å². The molecule has 1 atom stereocenters. The summed E-state index contributed by atoms with van der Waals surface area (Å²) in [6.07, 6.45) is 0. The number of benzene rings is 1. The lowest BCUT2D eigenvalue weighted by molar-refractivity contribution is -0.133. The minimum atomic E-state index is -1.10. The van der Waals surface area contributed by atoms with Gasteiger partial charge in [0, 0.05) is 16.2 Å². The molecular formula is C14H16ClNO3. The Balaban J connectivity index is 2.87. The van der Waals surface area contributed by atoms with E-state index in [4.69, 9.17) is 16.7 Å². The number of halogens is 1. The highest BCUT2D eigenvalue weighted by atomic mass is 35.5. The van der Waals surface area contributed by atoms with Crippen molar-refractivity contribution in [3.05, 3.63) is 46.0 Å². The van der Waals surface area contributed by atoms with Gasteiger partial charge in [0.05, 0.1) is 6.04 Å². The zero-order chi connectivity index (χ0) is 14.6. The number of hydrogen-bond donors (Lipinski definition) is 2. The molecule has 0 saturated heterocycles. The third-order valence-corrected chi connectivity index (χ3v) is 3.29. The zero-order valence-electron chi connectivity index (χ0n) is 11.0. The molecule has 102 valence electrons. The number of hydrogen-bond acceptors (Lipinski definition) is 2. The Hall–Kier alpha value is -1.81. The van der Waals surface area contributed by atoms with Gasteiger partial charge in [0.15, 0.2) is 0 Å². The molecule has 0 aliphatic carbocycles. The Morgan fingerprint density at radius 2 is 1.79 bits per heavy atom. The lowest BCUT2D eigenvalue weighted by Gasteiger charge is -2.16. The average molecular weight is 282 g/mol. The van der Waals surface area contributed by atoms with E-state index < -0.39 is 11.9 Å². The van der Waals surface area contributed by atoms with Crippen LogP contribution in [0.5, 0.6) is 0 Å². The van der Waals surface area contributed by atoms with Crippen molar-refractivity contribution in [3.8, 4) is 0 Å². The van der Waals surface area contributed by atoms with Crippen molar-refractivity contribution >= 4 is 23.5 Å². The fourth-order valence-corrected chi connectivity index (χ4v) is 1.84. The van der Waals surface area contributed by atoms with Crippen LogP contribution < -0.4 is 5.32 Å². The summed E-state index contributed by atoms with van der Waals surface area (Å²) in [7, 11) is 0. The number of carboxylic acid groups (broad SMARTS) is 1. The van der Waals surface area contributed by atoms with Crippen molar-refractivity contribution in [1.82, 2.24) is 5.32 Å². The third kappa shape index (κ3) is 3.83. The van der Waals surface area contributed by atoms with E-state index in [-0.39, 0.29) is 17.2 Å². The summed E-state index contributed by atoms with van der Waals surface area (Å²) in [4.78, 5) is 22.7. The molecule has 0 spiro atoms. The molecule has 19 heavy (non-hydrogen) atoms. The highest BCUT2D eigenvalue weighted by Crippen LogP contribution is 2.22. The molecule has 0 aliphatic heterocycles. The average Bonchev–Trinajstić information content (AvgIpc) is 2.37. The summed E-state index contributed by atoms with van der Waals surface area (Å²) in [6, 6.07) is 6.90. The van der Waals surface area contributed by atoms with Gasteiger partial charge in [0.2, 0.25) is 5.91 Å². The molecule has 4 nitrogen and oxygen atoms in total.